The summed E-state index contributed by atoms with van der Waals surface area (Å²) in [5.74, 6) is 1.01. The van der Waals surface area contributed by atoms with Gasteiger partial charge in [0, 0.05) is 18.7 Å². The number of hydrogen-bond donors (Lipinski definition) is 1. The molecule has 33 heavy (non-hydrogen) atoms. The fourth-order valence-electron chi connectivity index (χ4n) is 4.15. The third-order valence-electron chi connectivity index (χ3n) is 5.81. The van der Waals surface area contributed by atoms with Gasteiger partial charge in [-0.1, -0.05) is 54.6 Å². The van der Waals surface area contributed by atoms with Gasteiger partial charge in [-0.2, -0.15) is 0 Å². The number of ether oxygens (including phenoxy) is 2. The van der Waals surface area contributed by atoms with Crippen LogP contribution in [0.5, 0.6) is 11.5 Å². The monoisotopic (exact) mass is 444 g/mol. The maximum atomic E-state index is 13.2. The third kappa shape index (κ3) is 5.00. The molecule has 0 aliphatic carbocycles. The molecule has 1 unspecified atom stereocenters. The van der Waals surface area contributed by atoms with Gasteiger partial charge in [0.05, 0.1) is 26.2 Å². The molecule has 6 heteroatoms. The second kappa shape index (κ2) is 10.2. The highest BCUT2D eigenvalue weighted by Gasteiger charge is 2.34. The average molecular weight is 445 g/mol. The van der Waals surface area contributed by atoms with E-state index in [-0.39, 0.29) is 18.2 Å². The van der Waals surface area contributed by atoms with Crippen LogP contribution in [0.1, 0.15) is 46.4 Å². The van der Waals surface area contributed by atoms with E-state index in [0.29, 0.717) is 36.8 Å². The fourth-order valence-corrected chi connectivity index (χ4v) is 4.15. The van der Waals surface area contributed by atoms with E-state index in [2.05, 4.69) is 5.32 Å². The quantitative estimate of drug-likeness (QED) is 0.528. The van der Waals surface area contributed by atoms with Gasteiger partial charge in [-0.3, -0.25) is 9.59 Å². The molecule has 3 aromatic rings. The predicted molar refractivity (Wildman–Crippen MR) is 126 cm³/mol. The van der Waals surface area contributed by atoms with Gasteiger partial charge in [-0.15, -0.1) is 0 Å². The van der Waals surface area contributed by atoms with Crippen LogP contribution < -0.4 is 14.8 Å². The van der Waals surface area contributed by atoms with Crippen molar-refractivity contribution < 1.29 is 19.1 Å². The first-order valence-corrected chi connectivity index (χ1v) is 11.1. The Morgan fingerprint density at radius 2 is 1.79 bits per heavy atom. The van der Waals surface area contributed by atoms with Crippen LogP contribution in [0.3, 0.4) is 0 Å². The normalized spacial score (nSPS) is 13.4. The molecule has 2 amide bonds. The predicted octanol–water partition coefficient (Wildman–Crippen LogP) is 4.50. The Morgan fingerprint density at radius 1 is 1.03 bits per heavy atom. The van der Waals surface area contributed by atoms with Crippen molar-refractivity contribution in [2.45, 2.75) is 32.5 Å². The molecule has 1 N–H and O–H groups in total. The summed E-state index contributed by atoms with van der Waals surface area (Å²) in [6, 6.07) is 22.5. The molecular weight excluding hydrogens is 416 g/mol. The molecule has 3 aromatic carbocycles. The summed E-state index contributed by atoms with van der Waals surface area (Å²) >= 11 is 0. The smallest absolute Gasteiger partial charge is 0.255 e. The standard InChI is InChI=1S/C27H28N2O4/c1-3-33-24-14-13-20(15-25(24)32-2)23(16-26(30)28-17-19-9-5-4-6-10-19)29-18-21-11-7-8-12-22(21)27(29)31/h4-15,23H,3,16-18H2,1-2H3,(H,28,30). The van der Waals surface area contributed by atoms with Crippen LogP contribution in [-0.2, 0) is 17.9 Å². The number of hydrogen-bond acceptors (Lipinski definition) is 4. The minimum atomic E-state index is -0.440. The Kier molecular flexibility index (Phi) is 6.93. The number of carbonyl (C=O) groups is 2. The second-order valence-corrected chi connectivity index (χ2v) is 7.92. The lowest BCUT2D eigenvalue weighted by Crippen LogP contribution is -2.34. The summed E-state index contributed by atoms with van der Waals surface area (Å²) in [5, 5.41) is 2.99. The van der Waals surface area contributed by atoms with Crippen molar-refractivity contribution in [1.82, 2.24) is 10.2 Å². The minimum absolute atomic E-state index is 0.0701. The van der Waals surface area contributed by atoms with Crippen molar-refractivity contribution in [2.24, 2.45) is 0 Å². The van der Waals surface area contributed by atoms with Gasteiger partial charge in [0.15, 0.2) is 11.5 Å². The lowest BCUT2D eigenvalue weighted by atomic mass is 10.0. The molecule has 0 spiro atoms. The van der Waals surface area contributed by atoms with Gasteiger partial charge in [0.2, 0.25) is 5.91 Å². The van der Waals surface area contributed by atoms with E-state index in [9.17, 15) is 9.59 Å². The maximum absolute atomic E-state index is 13.2. The Balaban J connectivity index is 1.60. The van der Waals surface area contributed by atoms with E-state index in [1.807, 2.05) is 79.7 Å². The molecular formula is C27H28N2O4. The highest BCUT2D eigenvalue weighted by atomic mass is 16.5. The third-order valence-corrected chi connectivity index (χ3v) is 5.81. The summed E-state index contributed by atoms with van der Waals surface area (Å²) in [5.41, 5.74) is 3.50. The number of amides is 2. The zero-order valence-corrected chi connectivity index (χ0v) is 18.9. The van der Waals surface area contributed by atoms with E-state index in [1.165, 1.54) is 0 Å². The number of benzene rings is 3. The summed E-state index contributed by atoms with van der Waals surface area (Å²) in [4.78, 5) is 28.0. The molecule has 0 fully saturated rings. The average Bonchev–Trinajstić information content (AvgIpc) is 3.18. The van der Waals surface area contributed by atoms with E-state index < -0.39 is 6.04 Å². The van der Waals surface area contributed by atoms with E-state index in [0.717, 1.165) is 16.7 Å². The Bertz CT molecular complexity index is 1130. The zero-order valence-electron chi connectivity index (χ0n) is 18.9. The first kappa shape index (κ1) is 22.4. The van der Waals surface area contributed by atoms with Crippen LogP contribution >= 0.6 is 0 Å². The Morgan fingerprint density at radius 3 is 2.52 bits per heavy atom. The van der Waals surface area contributed by atoms with Gasteiger partial charge in [0.1, 0.15) is 0 Å². The molecule has 1 heterocycles. The van der Waals surface area contributed by atoms with Gasteiger partial charge in [-0.25, -0.2) is 0 Å². The Hall–Kier alpha value is -3.80. The lowest BCUT2D eigenvalue weighted by Gasteiger charge is -2.28. The van der Waals surface area contributed by atoms with Crippen molar-refractivity contribution in [1.29, 1.82) is 0 Å². The largest absolute Gasteiger partial charge is 0.493 e. The van der Waals surface area contributed by atoms with Crippen molar-refractivity contribution >= 4 is 11.8 Å². The molecule has 6 nitrogen and oxygen atoms in total. The van der Waals surface area contributed by atoms with Crippen LogP contribution in [-0.4, -0.2) is 30.4 Å². The molecule has 0 bridgehead atoms. The summed E-state index contributed by atoms with van der Waals surface area (Å²) in [6.07, 6.45) is 0.143. The highest BCUT2D eigenvalue weighted by Crippen LogP contribution is 2.37. The van der Waals surface area contributed by atoms with Crippen molar-refractivity contribution in [3.05, 3.63) is 95.1 Å². The highest BCUT2D eigenvalue weighted by molar-refractivity contribution is 5.98. The molecule has 0 saturated heterocycles. The van der Waals surface area contributed by atoms with Crippen molar-refractivity contribution in [3.8, 4) is 11.5 Å². The van der Waals surface area contributed by atoms with E-state index >= 15 is 0 Å². The van der Waals surface area contributed by atoms with Crippen molar-refractivity contribution in [3.63, 3.8) is 0 Å². The molecule has 0 saturated carbocycles. The number of nitrogens with one attached hydrogen (secondary N) is 1. The number of rotatable bonds is 9. The Labute approximate surface area is 194 Å². The van der Waals surface area contributed by atoms with Gasteiger partial charge in [-0.05, 0) is 41.8 Å². The van der Waals surface area contributed by atoms with Crippen LogP contribution in [0.25, 0.3) is 0 Å². The van der Waals surface area contributed by atoms with Crippen LogP contribution in [0.4, 0.5) is 0 Å². The maximum Gasteiger partial charge on any atom is 0.255 e. The molecule has 1 atom stereocenters. The first-order valence-electron chi connectivity index (χ1n) is 11.1. The first-order chi connectivity index (χ1) is 16.1. The SMILES string of the molecule is CCOc1ccc(C(CC(=O)NCc2ccccc2)N2Cc3ccccc3C2=O)cc1OC. The number of fused-ring (bicyclic) bond motifs is 1. The zero-order chi connectivity index (χ0) is 23.2. The summed E-state index contributed by atoms with van der Waals surface area (Å²) < 4.78 is 11.2. The van der Waals surface area contributed by atoms with Crippen molar-refractivity contribution in [2.75, 3.05) is 13.7 Å². The molecule has 170 valence electrons. The van der Waals surface area contributed by atoms with Crippen LogP contribution in [0.2, 0.25) is 0 Å². The number of carbonyl (C=O) groups excluding carboxylic acids is 2. The second-order valence-electron chi connectivity index (χ2n) is 7.92. The minimum Gasteiger partial charge on any atom is -0.493 e. The summed E-state index contributed by atoms with van der Waals surface area (Å²) in [6.45, 7) is 3.32. The molecule has 1 aliphatic heterocycles. The molecule has 0 radical (unpaired) electrons. The molecule has 4 rings (SSSR count). The summed E-state index contributed by atoms with van der Waals surface area (Å²) in [7, 11) is 1.58. The van der Waals surface area contributed by atoms with E-state index in [4.69, 9.17) is 9.47 Å². The lowest BCUT2D eigenvalue weighted by molar-refractivity contribution is -0.122. The van der Waals surface area contributed by atoms with Gasteiger partial charge in [0.25, 0.3) is 5.91 Å². The molecule has 1 aliphatic rings. The van der Waals surface area contributed by atoms with Gasteiger partial charge < -0.3 is 19.7 Å². The number of nitrogens with zero attached hydrogens (tertiary/aromatic N) is 1. The van der Waals surface area contributed by atoms with E-state index in [1.54, 1.807) is 12.0 Å². The van der Waals surface area contributed by atoms with Crippen LogP contribution in [0, 0.1) is 0 Å². The van der Waals surface area contributed by atoms with Gasteiger partial charge >= 0.3 is 0 Å². The molecule has 0 aromatic heterocycles. The van der Waals surface area contributed by atoms with Crippen LogP contribution in [0.15, 0.2) is 72.8 Å². The fraction of sp³-hybridized carbons (Fsp3) is 0.259. The topological polar surface area (TPSA) is 67.9 Å². The number of methoxy groups -OCH3 is 1.